The van der Waals surface area contributed by atoms with E-state index < -0.39 is 6.61 Å². The van der Waals surface area contributed by atoms with Crippen molar-refractivity contribution in [2.45, 2.75) is 26.6 Å². The fourth-order valence-electron chi connectivity index (χ4n) is 1.73. The first-order chi connectivity index (χ1) is 10.0. The molecular formula is C14H14ClF2N3O. The molecule has 0 atom stereocenters. The molecule has 0 saturated carbocycles. The number of aromatic nitrogens is 2. The highest BCUT2D eigenvalue weighted by Gasteiger charge is 2.10. The van der Waals surface area contributed by atoms with Crippen molar-refractivity contribution in [1.82, 2.24) is 15.3 Å². The lowest BCUT2D eigenvalue weighted by Gasteiger charge is -2.12. The number of halogens is 3. The van der Waals surface area contributed by atoms with E-state index in [4.69, 9.17) is 11.6 Å². The summed E-state index contributed by atoms with van der Waals surface area (Å²) in [5.41, 5.74) is 2.16. The highest BCUT2D eigenvalue weighted by atomic mass is 35.5. The molecule has 0 aliphatic heterocycles. The van der Waals surface area contributed by atoms with Crippen LogP contribution in [0.15, 0.2) is 30.6 Å². The molecule has 1 aromatic carbocycles. The molecule has 0 saturated heterocycles. The van der Waals surface area contributed by atoms with Gasteiger partial charge in [-0.1, -0.05) is 11.6 Å². The van der Waals surface area contributed by atoms with Crippen LogP contribution >= 0.6 is 11.6 Å². The molecule has 0 aliphatic rings. The third-order valence-corrected chi connectivity index (χ3v) is 2.93. The van der Waals surface area contributed by atoms with Gasteiger partial charge in [0, 0.05) is 36.1 Å². The number of hydrogen-bond acceptors (Lipinski definition) is 4. The lowest BCUT2D eigenvalue weighted by atomic mass is 10.2. The monoisotopic (exact) mass is 313 g/mol. The number of aryl methyl sites for hydroxylation is 1. The van der Waals surface area contributed by atoms with Crippen molar-refractivity contribution in [3.63, 3.8) is 0 Å². The standard InChI is InChI=1S/C14H14ClF2N3O/c1-9-5-20-12(8-19-9)7-18-6-10-4-11(15)2-3-13(10)21-14(16)17/h2-5,8,14,18H,6-7H2,1H3. The minimum Gasteiger partial charge on any atom is -0.434 e. The molecule has 2 rings (SSSR count). The van der Waals surface area contributed by atoms with Crippen molar-refractivity contribution in [1.29, 1.82) is 0 Å². The Morgan fingerprint density at radius 2 is 2.05 bits per heavy atom. The van der Waals surface area contributed by atoms with Crippen LogP contribution in [0.2, 0.25) is 5.02 Å². The first-order valence-corrected chi connectivity index (χ1v) is 6.64. The molecule has 0 aliphatic carbocycles. The third kappa shape index (κ3) is 4.91. The normalized spacial score (nSPS) is 10.9. The molecule has 0 unspecified atom stereocenters. The molecule has 4 nitrogen and oxygen atoms in total. The number of alkyl halides is 2. The molecule has 0 amide bonds. The van der Waals surface area contributed by atoms with E-state index in [1.807, 2.05) is 6.92 Å². The second-order valence-electron chi connectivity index (χ2n) is 4.38. The Bertz CT molecular complexity index is 593. The molecule has 1 heterocycles. The summed E-state index contributed by atoms with van der Waals surface area (Å²) >= 11 is 5.87. The molecule has 0 spiro atoms. The van der Waals surface area contributed by atoms with Crippen LogP contribution in [0.1, 0.15) is 17.0 Å². The summed E-state index contributed by atoms with van der Waals surface area (Å²) in [5, 5.41) is 3.55. The molecule has 0 bridgehead atoms. The van der Waals surface area contributed by atoms with Gasteiger partial charge in [-0.3, -0.25) is 9.97 Å². The van der Waals surface area contributed by atoms with E-state index in [1.165, 1.54) is 12.1 Å². The lowest BCUT2D eigenvalue weighted by molar-refractivity contribution is -0.0505. The van der Waals surface area contributed by atoms with Crippen molar-refractivity contribution in [2.24, 2.45) is 0 Å². The Hall–Kier alpha value is -1.79. The van der Waals surface area contributed by atoms with E-state index in [2.05, 4.69) is 20.0 Å². The van der Waals surface area contributed by atoms with Gasteiger partial charge in [0.25, 0.3) is 0 Å². The summed E-state index contributed by atoms with van der Waals surface area (Å²) in [6.07, 6.45) is 3.33. The van der Waals surface area contributed by atoms with E-state index in [0.29, 0.717) is 23.7 Å². The summed E-state index contributed by atoms with van der Waals surface area (Å²) in [5.74, 6) is 0.108. The smallest absolute Gasteiger partial charge is 0.387 e. The van der Waals surface area contributed by atoms with Gasteiger partial charge in [0.1, 0.15) is 5.75 Å². The van der Waals surface area contributed by atoms with E-state index in [0.717, 1.165) is 11.4 Å². The third-order valence-electron chi connectivity index (χ3n) is 2.69. The minimum absolute atomic E-state index is 0.108. The van der Waals surface area contributed by atoms with Gasteiger partial charge >= 0.3 is 6.61 Å². The topological polar surface area (TPSA) is 47.0 Å². The average molecular weight is 314 g/mol. The summed E-state index contributed by atoms with van der Waals surface area (Å²) < 4.78 is 29.1. The van der Waals surface area contributed by atoms with Gasteiger partial charge in [0.15, 0.2) is 0 Å². The van der Waals surface area contributed by atoms with Crippen LogP contribution in [0.25, 0.3) is 0 Å². The Balaban J connectivity index is 1.98. The van der Waals surface area contributed by atoms with Gasteiger partial charge in [-0.2, -0.15) is 8.78 Å². The first kappa shape index (κ1) is 15.6. The fourth-order valence-corrected chi connectivity index (χ4v) is 1.93. The van der Waals surface area contributed by atoms with E-state index >= 15 is 0 Å². The van der Waals surface area contributed by atoms with Crippen molar-refractivity contribution in [3.8, 4) is 5.75 Å². The number of hydrogen-bond donors (Lipinski definition) is 1. The van der Waals surface area contributed by atoms with E-state index in [-0.39, 0.29) is 5.75 Å². The Morgan fingerprint density at radius 3 is 2.71 bits per heavy atom. The number of ether oxygens (including phenoxy) is 1. The maximum atomic E-state index is 12.3. The zero-order valence-electron chi connectivity index (χ0n) is 11.3. The number of nitrogens with one attached hydrogen (secondary N) is 1. The highest BCUT2D eigenvalue weighted by Crippen LogP contribution is 2.24. The van der Waals surface area contributed by atoms with Crippen molar-refractivity contribution in [2.75, 3.05) is 0 Å². The zero-order valence-corrected chi connectivity index (χ0v) is 12.1. The van der Waals surface area contributed by atoms with Crippen molar-refractivity contribution >= 4 is 11.6 Å². The maximum absolute atomic E-state index is 12.3. The predicted octanol–water partition coefficient (Wildman–Crippen LogP) is 3.33. The predicted molar refractivity (Wildman–Crippen MR) is 75.4 cm³/mol. The maximum Gasteiger partial charge on any atom is 0.387 e. The number of rotatable bonds is 6. The molecule has 0 radical (unpaired) electrons. The second kappa shape index (κ2) is 7.28. The summed E-state index contributed by atoms with van der Waals surface area (Å²) in [4.78, 5) is 8.32. The van der Waals surface area contributed by atoms with E-state index in [1.54, 1.807) is 18.5 Å². The van der Waals surface area contributed by atoms with Crippen molar-refractivity contribution < 1.29 is 13.5 Å². The van der Waals surface area contributed by atoms with Gasteiger partial charge in [-0.25, -0.2) is 0 Å². The Labute approximate surface area is 126 Å². The number of benzene rings is 1. The molecule has 1 N–H and O–H groups in total. The quantitative estimate of drug-likeness (QED) is 0.888. The fraction of sp³-hybridized carbons (Fsp3) is 0.286. The summed E-state index contributed by atoms with van der Waals surface area (Å²) in [6, 6.07) is 4.53. The summed E-state index contributed by atoms with van der Waals surface area (Å²) in [7, 11) is 0. The molecule has 7 heteroatoms. The van der Waals surface area contributed by atoms with Gasteiger partial charge in [-0.05, 0) is 25.1 Å². The summed E-state index contributed by atoms with van der Waals surface area (Å²) in [6.45, 7) is -0.219. The van der Waals surface area contributed by atoms with Crippen LogP contribution in [0.5, 0.6) is 5.75 Å². The Morgan fingerprint density at radius 1 is 1.24 bits per heavy atom. The van der Waals surface area contributed by atoms with Gasteiger partial charge in [-0.15, -0.1) is 0 Å². The highest BCUT2D eigenvalue weighted by molar-refractivity contribution is 6.30. The van der Waals surface area contributed by atoms with Crippen LogP contribution in [0.4, 0.5) is 8.78 Å². The Kier molecular flexibility index (Phi) is 5.41. The molecule has 1 aromatic heterocycles. The molecule has 0 fully saturated rings. The van der Waals surface area contributed by atoms with Gasteiger partial charge < -0.3 is 10.1 Å². The van der Waals surface area contributed by atoms with Crippen LogP contribution < -0.4 is 10.1 Å². The lowest BCUT2D eigenvalue weighted by Crippen LogP contribution is -2.15. The SMILES string of the molecule is Cc1cnc(CNCc2cc(Cl)ccc2OC(F)F)cn1. The van der Waals surface area contributed by atoms with Crippen LogP contribution in [-0.2, 0) is 13.1 Å². The molecular weight excluding hydrogens is 300 g/mol. The average Bonchev–Trinajstić information content (AvgIpc) is 2.43. The van der Waals surface area contributed by atoms with Gasteiger partial charge in [0.2, 0.25) is 0 Å². The van der Waals surface area contributed by atoms with E-state index in [9.17, 15) is 8.78 Å². The largest absolute Gasteiger partial charge is 0.434 e. The van der Waals surface area contributed by atoms with Gasteiger partial charge in [0.05, 0.1) is 11.4 Å². The molecule has 2 aromatic rings. The second-order valence-corrected chi connectivity index (χ2v) is 4.82. The number of nitrogens with zero attached hydrogens (tertiary/aromatic N) is 2. The van der Waals surface area contributed by atoms with Crippen LogP contribution in [-0.4, -0.2) is 16.6 Å². The first-order valence-electron chi connectivity index (χ1n) is 6.26. The zero-order chi connectivity index (χ0) is 15.2. The molecule has 21 heavy (non-hydrogen) atoms. The van der Waals surface area contributed by atoms with Crippen LogP contribution in [0.3, 0.4) is 0 Å². The molecule has 112 valence electrons. The van der Waals surface area contributed by atoms with Crippen molar-refractivity contribution in [3.05, 3.63) is 52.6 Å². The minimum atomic E-state index is -2.87. The van der Waals surface area contributed by atoms with Crippen LogP contribution in [0, 0.1) is 6.92 Å².